The number of hydrogen-bond acceptors (Lipinski definition) is 4. The number of carboxylic acid groups (broad SMARTS) is 1. The standard InChI is InChI=1S/C13H14FNO5S/c1-8-2-3-11(10(4-8)13(17)18)15-6-9(5-12(15)16)7-21(14,19)20/h2-4,9H,5-7H2,1H3,(H,17,18). The van der Waals surface area contributed by atoms with Crippen LogP contribution in [-0.4, -0.2) is 37.7 Å². The molecule has 1 unspecified atom stereocenters. The minimum absolute atomic E-state index is 0.00861. The third-order valence-corrected chi connectivity index (χ3v) is 4.18. The third-order valence-electron chi connectivity index (χ3n) is 3.31. The second-order valence-corrected chi connectivity index (χ2v) is 6.52. The van der Waals surface area contributed by atoms with Crippen molar-refractivity contribution < 1.29 is 27.0 Å². The topological polar surface area (TPSA) is 91.8 Å². The lowest BCUT2D eigenvalue weighted by Crippen LogP contribution is -2.27. The van der Waals surface area contributed by atoms with Crippen molar-refractivity contribution in [1.82, 2.24) is 0 Å². The van der Waals surface area contributed by atoms with Gasteiger partial charge in [-0.3, -0.25) is 4.79 Å². The maximum Gasteiger partial charge on any atom is 0.337 e. The number of halogens is 1. The van der Waals surface area contributed by atoms with Crippen LogP contribution < -0.4 is 4.90 Å². The van der Waals surface area contributed by atoms with Gasteiger partial charge < -0.3 is 10.0 Å². The van der Waals surface area contributed by atoms with Crippen molar-refractivity contribution in [3.8, 4) is 0 Å². The van der Waals surface area contributed by atoms with E-state index in [1.54, 1.807) is 13.0 Å². The number of rotatable bonds is 4. The van der Waals surface area contributed by atoms with Crippen LogP contribution >= 0.6 is 0 Å². The van der Waals surface area contributed by atoms with Crippen molar-refractivity contribution >= 4 is 27.8 Å². The Morgan fingerprint density at radius 1 is 1.48 bits per heavy atom. The van der Waals surface area contributed by atoms with E-state index in [0.29, 0.717) is 0 Å². The molecule has 1 atom stereocenters. The quantitative estimate of drug-likeness (QED) is 0.847. The highest BCUT2D eigenvalue weighted by atomic mass is 32.3. The first-order valence-corrected chi connectivity index (χ1v) is 7.79. The number of hydrogen-bond donors (Lipinski definition) is 1. The van der Waals surface area contributed by atoms with Crippen molar-refractivity contribution in [3.05, 3.63) is 29.3 Å². The summed E-state index contributed by atoms with van der Waals surface area (Å²) in [4.78, 5) is 24.4. The fourth-order valence-electron chi connectivity index (χ4n) is 2.46. The van der Waals surface area contributed by atoms with E-state index in [2.05, 4.69) is 0 Å². The van der Waals surface area contributed by atoms with Crippen LogP contribution in [0.15, 0.2) is 18.2 Å². The van der Waals surface area contributed by atoms with Gasteiger partial charge in [0.05, 0.1) is 17.0 Å². The van der Waals surface area contributed by atoms with Gasteiger partial charge in [0.1, 0.15) is 0 Å². The lowest BCUT2D eigenvalue weighted by Gasteiger charge is -2.19. The zero-order valence-corrected chi connectivity index (χ0v) is 12.1. The first kappa shape index (κ1) is 15.4. The van der Waals surface area contributed by atoms with Crippen LogP contribution in [-0.2, 0) is 15.0 Å². The Labute approximate surface area is 121 Å². The number of amides is 1. The largest absolute Gasteiger partial charge is 0.478 e. The molecule has 1 aliphatic rings. The first-order valence-electron chi connectivity index (χ1n) is 6.24. The molecule has 1 amide bonds. The van der Waals surface area contributed by atoms with Crippen molar-refractivity contribution in [2.24, 2.45) is 5.92 Å². The van der Waals surface area contributed by atoms with Gasteiger partial charge in [-0.1, -0.05) is 11.6 Å². The van der Waals surface area contributed by atoms with E-state index in [0.717, 1.165) is 5.56 Å². The number of aromatic carboxylic acids is 1. The molecule has 114 valence electrons. The summed E-state index contributed by atoms with van der Waals surface area (Å²) in [6.45, 7) is 1.71. The number of nitrogens with zero attached hydrogens (tertiary/aromatic N) is 1. The van der Waals surface area contributed by atoms with Crippen molar-refractivity contribution in [2.45, 2.75) is 13.3 Å². The Morgan fingerprint density at radius 3 is 2.71 bits per heavy atom. The maximum atomic E-state index is 12.7. The Kier molecular flexibility index (Phi) is 3.99. The minimum Gasteiger partial charge on any atom is -0.478 e. The third kappa shape index (κ3) is 3.57. The summed E-state index contributed by atoms with van der Waals surface area (Å²) in [5.74, 6) is -2.99. The van der Waals surface area contributed by atoms with Crippen molar-refractivity contribution in [1.29, 1.82) is 0 Å². The molecule has 0 spiro atoms. The predicted octanol–water partition coefficient (Wildman–Crippen LogP) is 1.35. The summed E-state index contributed by atoms with van der Waals surface area (Å²) in [6, 6.07) is 4.60. The van der Waals surface area contributed by atoms with Gasteiger partial charge in [0.15, 0.2) is 0 Å². The van der Waals surface area contributed by atoms with Gasteiger partial charge in [0, 0.05) is 18.9 Å². The Bertz CT molecular complexity index is 701. The zero-order valence-electron chi connectivity index (χ0n) is 11.2. The molecule has 1 saturated heterocycles. The molecule has 1 aromatic rings. The minimum atomic E-state index is -4.66. The van der Waals surface area contributed by atoms with Crippen molar-refractivity contribution in [3.63, 3.8) is 0 Å². The number of anilines is 1. The van der Waals surface area contributed by atoms with Gasteiger partial charge in [0.2, 0.25) is 5.91 Å². The van der Waals surface area contributed by atoms with Crippen LogP contribution in [0.25, 0.3) is 0 Å². The molecule has 6 nitrogen and oxygen atoms in total. The number of carboxylic acids is 1. The molecular formula is C13H14FNO5S. The monoisotopic (exact) mass is 315 g/mol. The van der Waals surface area contributed by atoms with Gasteiger partial charge in [-0.2, -0.15) is 8.42 Å². The molecule has 1 heterocycles. The number of benzene rings is 1. The molecule has 0 aliphatic carbocycles. The Balaban J connectivity index is 2.31. The summed E-state index contributed by atoms with van der Waals surface area (Å²) < 4.78 is 34.0. The average molecular weight is 315 g/mol. The molecule has 0 aromatic heterocycles. The van der Waals surface area contributed by atoms with Gasteiger partial charge in [0.25, 0.3) is 0 Å². The molecule has 21 heavy (non-hydrogen) atoms. The second kappa shape index (κ2) is 5.44. The summed E-state index contributed by atoms with van der Waals surface area (Å²) >= 11 is 0. The molecule has 1 aromatic carbocycles. The second-order valence-electron chi connectivity index (χ2n) is 5.11. The molecule has 0 radical (unpaired) electrons. The van der Waals surface area contributed by atoms with Crippen LogP contribution in [0.4, 0.5) is 9.57 Å². The first-order chi connectivity index (χ1) is 9.67. The molecule has 0 bridgehead atoms. The average Bonchev–Trinajstić information content (AvgIpc) is 2.67. The highest BCUT2D eigenvalue weighted by Gasteiger charge is 2.35. The molecule has 1 fully saturated rings. The van der Waals surface area contributed by atoms with E-state index in [9.17, 15) is 27.0 Å². The molecule has 1 aliphatic heterocycles. The van der Waals surface area contributed by atoms with Crippen LogP contribution in [0.5, 0.6) is 0 Å². The smallest absolute Gasteiger partial charge is 0.337 e. The van der Waals surface area contributed by atoms with Gasteiger partial charge in [-0.15, -0.1) is 3.89 Å². The van der Waals surface area contributed by atoms with Crippen molar-refractivity contribution in [2.75, 3.05) is 17.2 Å². The summed E-state index contributed by atoms with van der Waals surface area (Å²) in [6.07, 6.45) is -0.115. The molecule has 0 saturated carbocycles. The van der Waals surface area contributed by atoms with E-state index in [1.165, 1.54) is 17.0 Å². The lowest BCUT2D eigenvalue weighted by molar-refractivity contribution is -0.117. The van der Waals surface area contributed by atoms with E-state index in [4.69, 9.17) is 0 Å². The highest BCUT2D eigenvalue weighted by Crippen LogP contribution is 2.29. The fraction of sp³-hybridized carbons (Fsp3) is 0.385. The maximum absolute atomic E-state index is 12.7. The van der Waals surface area contributed by atoms with Gasteiger partial charge >= 0.3 is 16.2 Å². The normalized spacial score (nSPS) is 19.0. The van der Waals surface area contributed by atoms with Gasteiger partial charge in [-0.05, 0) is 19.1 Å². The number of carbonyl (C=O) groups excluding carboxylic acids is 1. The zero-order chi connectivity index (χ0) is 15.8. The van der Waals surface area contributed by atoms with Crippen LogP contribution in [0.1, 0.15) is 22.3 Å². The lowest BCUT2D eigenvalue weighted by atomic mass is 10.1. The molecule has 2 rings (SSSR count). The Hall–Kier alpha value is -1.96. The summed E-state index contributed by atoms with van der Waals surface area (Å²) in [7, 11) is -4.66. The van der Waals surface area contributed by atoms with Crippen LogP contribution in [0, 0.1) is 12.8 Å². The molecule has 1 N–H and O–H groups in total. The van der Waals surface area contributed by atoms with E-state index in [1.807, 2.05) is 0 Å². The number of aryl methyl sites for hydroxylation is 1. The Morgan fingerprint density at radius 2 is 2.14 bits per heavy atom. The highest BCUT2D eigenvalue weighted by molar-refractivity contribution is 7.86. The molecule has 8 heteroatoms. The van der Waals surface area contributed by atoms with Gasteiger partial charge in [-0.25, -0.2) is 4.79 Å². The SMILES string of the molecule is Cc1ccc(N2CC(CS(=O)(=O)F)CC2=O)c(C(=O)O)c1. The van der Waals surface area contributed by atoms with E-state index >= 15 is 0 Å². The van der Waals surface area contributed by atoms with Crippen LogP contribution in [0.2, 0.25) is 0 Å². The number of carbonyl (C=O) groups is 2. The van der Waals surface area contributed by atoms with E-state index in [-0.39, 0.29) is 24.2 Å². The van der Waals surface area contributed by atoms with E-state index < -0.39 is 33.8 Å². The summed E-state index contributed by atoms with van der Waals surface area (Å²) in [5.41, 5.74) is 0.898. The fourth-order valence-corrected chi connectivity index (χ4v) is 3.25. The van der Waals surface area contributed by atoms with Crippen LogP contribution in [0.3, 0.4) is 0 Å². The predicted molar refractivity (Wildman–Crippen MR) is 73.5 cm³/mol. The summed E-state index contributed by atoms with van der Waals surface area (Å²) in [5, 5.41) is 9.20. The molecular weight excluding hydrogens is 301 g/mol.